The maximum Gasteiger partial charge on any atom is 0.202 e. The predicted octanol–water partition coefficient (Wildman–Crippen LogP) is 2.07. The second-order valence-electron chi connectivity index (χ2n) is 3.57. The van der Waals surface area contributed by atoms with Gasteiger partial charge in [0.05, 0.1) is 12.1 Å². The van der Waals surface area contributed by atoms with Gasteiger partial charge in [0.2, 0.25) is 5.89 Å². The highest BCUT2D eigenvalue weighted by Gasteiger charge is 2.16. The van der Waals surface area contributed by atoms with Crippen LogP contribution in [0.1, 0.15) is 22.9 Å². The van der Waals surface area contributed by atoms with E-state index in [2.05, 4.69) is 30.1 Å². The average Bonchev–Trinajstić information content (AvgIpc) is 2.72. The van der Waals surface area contributed by atoms with Crippen molar-refractivity contribution in [3.8, 4) is 0 Å². The summed E-state index contributed by atoms with van der Waals surface area (Å²) in [5.74, 6) is 0.739. The molecule has 0 spiro atoms. The van der Waals surface area contributed by atoms with Crippen molar-refractivity contribution in [3.05, 3.63) is 53.7 Å². The number of benzene rings is 1. The molecule has 0 aliphatic heterocycles. The third-order valence-corrected chi connectivity index (χ3v) is 2.43. The van der Waals surface area contributed by atoms with Gasteiger partial charge in [0.25, 0.3) is 0 Å². The second-order valence-corrected chi connectivity index (χ2v) is 3.57. The first kappa shape index (κ1) is 9.93. The Bertz CT molecular complexity index is 423. The highest BCUT2D eigenvalue weighted by molar-refractivity contribution is 5.29. The topological polar surface area (TPSA) is 52.0 Å². The third-order valence-electron chi connectivity index (χ3n) is 2.43. The quantitative estimate of drug-likeness (QED) is 0.829. The van der Waals surface area contributed by atoms with E-state index < -0.39 is 0 Å². The van der Waals surface area contributed by atoms with Crippen molar-refractivity contribution in [2.75, 3.05) is 6.54 Å². The molecule has 0 fully saturated rings. The molecule has 0 aliphatic rings. The van der Waals surface area contributed by atoms with Gasteiger partial charge in [-0.25, -0.2) is 4.98 Å². The fraction of sp³-hybridized carbons (Fsp3) is 0.250. The Labute approximate surface area is 88.9 Å². The van der Waals surface area contributed by atoms with Crippen LogP contribution in [0.4, 0.5) is 0 Å². The van der Waals surface area contributed by atoms with Crippen LogP contribution in [0.5, 0.6) is 0 Å². The molecule has 2 N–H and O–H groups in total. The minimum atomic E-state index is 0.0555. The van der Waals surface area contributed by atoms with E-state index in [0.717, 1.165) is 5.56 Å². The monoisotopic (exact) mass is 202 g/mol. The average molecular weight is 202 g/mol. The molecule has 0 saturated carbocycles. The van der Waals surface area contributed by atoms with Crippen LogP contribution in [0, 0.1) is 6.92 Å². The van der Waals surface area contributed by atoms with Crippen LogP contribution in [0.3, 0.4) is 0 Å². The molecule has 2 rings (SSSR count). The maximum atomic E-state index is 5.75. The third kappa shape index (κ3) is 2.07. The first-order valence-electron chi connectivity index (χ1n) is 4.97. The smallest absolute Gasteiger partial charge is 0.202 e. The predicted molar refractivity (Wildman–Crippen MR) is 58.6 cm³/mol. The summed E-state index contributed by atoms with van der Waals surface area (Å²) in [5.41, 5.74) is 8.12. The van der Waals surface area contributed by atoms with Gasteiger partial charge < -0.3 is 10.2 Å². The maximum absolute atomic E-state index is 5.75. The zero-order valence-electron chi connectivity index (χ0n) is 8.68. The summed E-state index contributed by atoms with van der Waals surface area (Å²) in [7, 11) is 0. The van der Waals surface area contributed by atoms with E-state index in [1.54, 1.807) is 12.5 Å². The fourth-order valence-electron chi connectivity index (χ4n) is 1.67. The van der Waals surface area contributed by atoms with Crippen molar-refractivity contribution in [3.63, 3.8) is 0 Å². The van der Waals surface area contributed by atoms with Crippen LogP contribution in [-0.4, -0.2) is 11.5 Å². The number of aromatic nitrogens is 1. The van der Waals surface area contributed by atoms with Gasteiger partial charge in [-0.1, -0.05) is 29.8 Å². The molecule has 0 bridgehead atoms. The summed E-state index contributed by atoms with van der Waals surface area (Å²) < 4.78 is 5.29. The summed E-state index contributed by atoms with van der Waals surface area (Å²) in [6.07, 6.45) is 3.22. The summed E-state index contributed by atoms with van der Waals surface area (Å²) in [5, 5.41) is 0. The van der Waals surface area contributed by atoms with Crippen molar-refractivity contribution >= 4 is 0 Å². The highest BCUT2D eigenvalue weighted by atomic mass is 16.3. The lowest BCUT2D eigenvalue weighted by Crippen LogP contribution is -2.14. The molecule has 0 aliphatic carbocycles. The van der Waals surface area contributed by atoms with Crippen molar-refractivity contribution < 1.29 is 4.42 Å². The van der Waals surface area contributed by atoms with Gasteiger partial charge in [0.1, 0.15) is 6.26 Å². The number of aryl methyl sites for hydroxylation is 1. The molecule has 0 saturated heterocycles. The minimum Gasteiger partial charge on any atom is -0.448 e. The lowest BCUT2D eigenvalue weighted by molar-refractivity contribution is 0.472. The molecule has 2 aromatic rings. The standard InChI is InChI=1S/C12H14N2O/c1-9-3-2-4-10(7-9)11(8-13)12-14-5-6-15-12/h2-7,11H,8,13H2,1H3. The van der Waals surface area contributed by atoms with Gasteiger partial charge in [-0.15, -0.1) is 0 Å². The molecule has 1 aromatic carbocycles. The molecule has 3 nitrogen and oxygen atoms in total. The molecule has 1 unspecified atom stereocenters. The number of hydrogen-bond acceptors (Lipinski definition) is 3. The van der Waals surface area contributed by atoms with E-state index in [9.17, 15) is 0 Å². The molecule has 78 valence electrons. The Morgan fingerprint density at radius 3 is 2.93 bits per heavy atom. The normalized spacial score (nSPS) is 12.7. The zero-order chi connectivity index (χ0) is 10.7. The van der Waals surface area contributed by atoms with E-state index in [1.165, 1.54) is 5.56 Å². The number of nitrogens with two attached hydrogens (primary N) is 1. The van der Waals surface area contributed by atoms with Crippen molar-refractivity contribution in [1.82, 2.24) is 4.98 Å². The molecular formula is C12H14N2O. The lowest BCUT2D eigenvalue weighted by Gasteiger charge is -2.11. The molecule has 15 heavy (non-hydrogen) atoms. The van der Waals surface area contributed by atoms with E-state index in [1.807, 2.05) is 6.07 Å². The van der Waals surface area contributed by atoms with E-state index >= 15 is 0 Å². The summed E-state index contributed by atoms with van der Waals surface area (Å²) in [6.45, 7) is 2.57. The van der Waals surface area contributed by atoms with E-state index in [4.69, 9.17) is 10.2 Å². The minimum absolute atomic E-state index is 0.0555. The SMILES string of the molecule is Cc1cccc(C(CN)c2ncco2)c1. The zero-order valence-corrected chi connectivity index (χ0v) is 8.68. The van der Waals surface area contributed by atoms with Crippen LogP contribution in [-0.2, 0) is 0 Å². The number of nitrogens with zero attached hydrogens (tertiary/aromatic N) is 1. The Morgan fingerprint density at radius 1 is 1.47 bits per heavy atom. The Hall–Kier alpha value is -1.61. The largest absolute Gasteiger partial charge is 0.448 e. The van der Waals surface area contributed by atoms with Crippen LogP contribution >= 0.6 is 0 Å². The van der Waals surface area contributed by atoms with Gasteiger partial charge in [-0.2, -0.15) is 0 Å². The molecule has 1 atom stereocenters. The van der Waals surface area contributed by atoms with Crippen LogP contribution < -0.4 is 5.73 Å². The van der Waals surface area contributed by atoms with Gasteiger partial charge in [-0.3, -0.25) is 0 Å². The van der Waals surface area contributed by atoms with Crippen LogP contribution in [0.2, 0.25) is 0 Å². The Kier molecular flexibility index (Phi) is 2.83. The number of oxazole rings is 1. The number of hydrogen-bond donors (Lipinski definition) is 1. The first-order valence-corrected chi connectivity index (χ1v) is 4.97. The lowest BCUT2D eigenvalue weighted by atomic mass is 9.97. The fourth-order valence-corrected chi connectivity index (χ4v) is 1.67. The van der Waals surface area contributed by atoms with Crippen LogP contribution in [0.15, 0.2) is 41.1 Å². The molecular weight excluding hydrogens is 188 g/mol. The first-order chi connectivity index (χ1) is 7.31. The van der Waals surface area contributed by atoms with Crippen LogP contribution in [0.25, 0.3) is 0 Å². The van der Waals surface area contributed by atoms with E-state index in [-0.39, 0.29) is 5.92 Å². The second kappa shape index (κ2) is 4.28. The van der Waals surface area contributed by atoms with Crippen molar-refractivity contribution in [1.29, 1.82) is 0 Å². The summed E-state index contributed by atoms with van der Waals surface area (Å²) in [6, 6.07) is 8.25. The summed E-state index contributed by atoms with van der Waals surface area (Å²) in [4.78, 5) is 4.15. The van der Waals surface area contributed by atoms with E-state index in [0.29, 0.717) is 12.4 Å². The number of rotatable bonds is 3. The van der Waals surface area contributed by atoms with Gasteiger partial charge in [0, 0.05) is 6.54 Å². The Morgan fingerprint density at radius 2 is 2.33 bits per heavy atom. The molecule has 0 radical (unpaired) electrons. The molecule has 0 amide bonds. The van der Waals surface area contributed by atoms with Gasteiger partial charge in [-0.05, 0) is 12.5 Å². The van der Waals surface area contributed by atoms with Gasteiger partial charge in [0.15, 0.2) is 0 Å². The highest BCUT2D eigenvalue weighted by Crippen LogP contribution is 2.22. The molecule has 1 aromatic heterocycles. The molecule has 1 heterocycles. The Balaban J connectivity index is 2.35. The van der Waals surface area contributed by atoms with Crippen molar-refractivity contribution in [2.24, 2.45) is 5.73 Å². The van der Waals surface area contributed by atoms with Crippen molar-refractivity contribution in [2.45, 2.75) is 12.8 Å². The summed E-state index contributed by atoms with van der Waals surface area (Å²) >= 11 is 0. The van der Waals surface area contributed by atoms with Gasteiger partial charge >= 0.3 is 0 Å². The molecule has 3 heteroatoms.